The Morgan fingerprint density at radius 3 is 2.37 bits per heavy atom. The van der Waals surface area contributed by atoms with E-state index in [1.807, 2.05) is 0 Å². The zero-order chi connectivity index (χ0) is 13.7. The summed E-state index contributed by atoms with van der Waals surface area (Å²) >= 11 is 0. The van der Waals surface area contributed by atoms with Gasteiger partial charge in [0.15, 0.2) is 0 Å². The fraction of sp³-hybridized carbons (Fsp3) is 0.647. The molecule has 0 amide bonds. The molecular weight excluding hydrogens is 232 g/mol. The molecule has 2 N–H and O–H groups in total. The van der Waals surface area contributed by atoms with Crippen LogP contribution in [0.5, 0.6) is 0 Å². The summed E-state index contributed by atoms with van der Waals surface area (Å²) in [5, 5.41) is 0. The Morgan fingerprint density at radius 2 is 1.89 bits per heavy atom. The molecule has 0 aromatic heterocycles. The van der Waals surface area contributed by atoms with E-state index in [9.17, 15) is 0 Å². The summed E-state index contributed by atoms with van der Waals surface area (Å²) in [6.07, 6.45) is 5.30. The summed E-state index contributed by atoms with van der Waals surface area (Å²) in [5.41, 5.74) is 7.84. The largest absolute Gasteiger partial charge is 0.330 e. The van der Waals surface area contributed by atoms with Gasteiger partial charge in [0.1, 0.15) is 0 Å². The Bertz CT molecular complexity index is 363. The molecule has 1 aliphatic carbocycles. The molecule has 1 fully saturated rings. The molecule has 0 radical (unpaired) electrons. The molecule has 0 saturated heterocycles. The van der Waals surface area contributed by atoms with E-state index in [1.54, 1.807) is 0 Å². The molecule has 1 aromatic rings. The van der Waals surface area contributed by atoms with Crippen molar-refractivity contribution in [3.8, 4) is 0 Å². The first-order valence-corrected chi connectivity index (χ1v) is 7.63. The van der Waals surface area contributed by atoms with Gasteiger partial charge in [0.2, 0.25) is 0 Å². The predicted molar refractivity (Wildman–Crippen MR) is 81.9 cm³/mol. The van der Waals surface area contributed by atoms with Gasteiger partial charge in [0.05, 0.1) is 0 Å². The Balaban J connectivity index is 1.89. The van der Waals surface area contributed by atoms with Gasteiger partial charge >= 0.3 is 0 Å². The van der Waals surface area contributed by atoms with Crippen LogP contribution in [0.25, 0.3) is 0 Å². The summed E-state index contributed by atoms with van der Waals surface area (Å²) in [4.78, 5) is 2.57. The minimum atomic E-state index is 0.462. The molecule has 1 saturated carbocycles. The highest BCUT2D eigenvalue weighted by Crippen LogP contribution is 2.43. The number of rotatable bonds is 7. The van der Waals surface area contributed by atoms with Gasteiger partial charge < -0.3 is 5.73 Å². The van der Waals surface area contributed by atoms with Crippen molar-refractivity contribution in [2.75, 3.05) is 13.1 Å². The lowest BCUT2D eigenvalue weighted by Crippen LogP contribution is -2.41. The average molecular weight is 260 g/mol. The first-order chi connectivity index (χ1) is 9.15. The van der Waals surface area contributed by atoms with E-state index >= 15 is 0 Å². The van der Waals surface area contributed by atoms with Crippen LogP contribution in [-0.4, -0.2) is 24.0 Å². The summed E-state index contributed by atoms with van der Waals surface area (Å²) in [7, 11) is 0. The van der Waals surface area contributed by atoms with E-state index in [4.69, 9.17) is 5.73 Å². The molecule has 2 nitrogen and oxygen atoms in total. The second kappa shape index (κ2) is 6.53. The molecule has 1 aromatic carbocycles. The standard InChI is InChI=1S/C17H28N2/c1-15(2)19(13-16-7-4-3-5-8-16)12-11-17(14-18)9-6-10-17/h3-5,7-8,15H,6,9-14,18H2,1-2H3. The third-order valence-electron chi connectivity index (χ3n) is 4.74. The van der Waals surface area contributed by atoms with Crippen LogP contribution in [0.2, 0.25) is 0 Å². The number of hydrogen-bond acceptors (Lipinski definition) is 2. The van der Waals surface area contributed by atoms with Gasteiger partial charge in [-0.2, -0.15) is 0 Å². The smallest absolute Gasteiger partial charge is 0.0236 e. The van der Waals surface area contributed by atoms with E-state index in [-0.39, 0.29) is 0 Å². The third-order valence-corrected chi connectivity index (χ3v) is 4.74. The summed E-state index contributed by atoms with van der Waals surface area (Å²) in [6.45, 7) is 7.67. The highest BCUT2D eigenvalue weighted by atomic mass is 15.1. The molecule has 19 heavy (non-hydrogen) atoms. The van der Waals surface area contributed by atoms with Gasteiger partial charge in [-0.3, -0.25) is 4.90 Å². The summed E-state index contributed by atoms with van der Waals surface area (Å²) in [6, 6.07) is 11.4. The Kier molecular flexibility index (Phi) is 5.00. The molecular formula is C17H28N2. The topological polar surface area (TPSA) is 29.3 Å². The van der Waals surface area contributed by atoms with E-state index < -0.39 is 0 Å². The van der Waals surface area contributed by atoms with Gasteiger partial charge in [-0.1, -0.05) is 36.8 Å². The van der Waals surface area contributed by atoms with Crippen LogP contribution in [0.1, 0.15) is 45.1 Å². The van der Waals surface area contributed by atoms with Gasteiger partial charge in [-0.25, -0.2) is 0 Å². The van der Waals surface area contributed by atoms with Crippen LogP contribution in [0.3, 0.4) is 0 Å². The van der Waals surface area contributed by atoms with Crippen molar-refractivity contribution < 1.29 is 0 Å². The summed E-state index contributed by atoms with van der Waals surface area (Å²) < 4.78 is 0. The monoisotopic (exact) mass is 260 g/mol. The summed E-state index contributed by atoms with van der Waals surface area (Å²) in [5.74, 6) is 0. The van der Waals surface area contributed by atoms with Gasteiger partial charge in [-0.05, 0) is 57.2 Å². The predicted octanol–water partition coefficient (Wildman–Crippen LogP) is 3.42. The molecule has 0 heterocycles. The van der Waals surface area contributed by atoms with Crippen molar-refractivity contribution in [1.29, 1.82) is 0 Å². The maximum Gasteiger partial charge on any atom is 0.0236 e. The SMILES string of the molecule is CC(C)N(CCC1(CN)CCC1)Cc1ccccc1. The van der Waals surface area contributed by atoms with Crippen LogP contribution in [0.15, 0.2) is 30.3 Å². The fourth-order valence-electron chi connectivity index (χ4n) is 2.95. The molecule has 2 rings (SSSR count). The number of benzene rings is 1. The molecule has 0 atom stereocenters. The highest BCUT2D eigenvalue weighted by molar-refractivity contribution is 5.14. The first kappa shape index (κ1) is 14.5. The van der Waals surface area contributed by atoms with Crippen molar-refractivity contribution in [3.63, 3.8) is 0 Å². The lowest BCUT2D eigenvalue weighted by Gasteiger charge is -2.43. The first-order valence-electron chi connectivity index (χ1n) is 7.63. The average Bonchev–Trinajstić information content (AvgIpc) is 2.37. The van der Waals surface area contributed by atoms with Crippen LogP contribution >= 0.6 is 0 Å². The van der Waals surface area contributed by atoms with Crippen LogP contribution in [0, 0.1) is 5.41 Å². The zero-order valence-corrected chi connectivity index (χ0v) is 12.4. The number of nitrogens with zero attached hydrogens (tertiary/aromatic N) is 1. The maximum atomic E-state index is 5.97. The van der Waals surface area contributed by atoms with Crippen LogP contribution in [-0.2, 0) is 6.54 Å². The number of nitrogens with two attached hydrogens (primary N) is 1. The second-order valence-corrected chi connectivity index (χ2v) is 6.36. The quantitative estimate of drug-likeness (QED) is 0.814. The minimum absolute atomic E-state index is 0.462. The molecule has 0 bridgehead atoms. The Labute approximate surface area is 118 Å². The van der Waals surface area contributed by atoms with Crippen molar-refractivity contribution in [2.24, 2.45) is 11.1 Å². The molecule has 106 valence electrons. The molecule has 0 spiro atoms. The lowest BCUT2D eigenvalue weighted by atomic mass is 9.66. The van der Waals surface area contributed by atoms with Crippen molar-refractivity contribution in [1.82, 2.24) is 4.90 Å². The Morgan fingerprint density at radius 1 is 1.21 bits per heavy atom. The highest BCUT2D eigenvalue weighted by Gasteiger charge is 2.35. The van der Waals surface area contributed by atoms with Gasteiger partial charge in [0.25, 0.3) is 0 Å². The van der Waals surface area contributed by atoms with Crippen LogP contribution < -0.4 is 5.73 Å². The molecule has 0 aliphatic heterocycles. The normalized spacial score (nSPS) is 17.7. The van der Waals surface area contributed by atoms with E-state index in [2.05, 4.69) is 49.1 Å². The van der Waals surface area contributed by atoms with E-state index in [1.165, 1.54) is 37.8 Å². The lowest BCUT2D eigenvalue weighted by molar-refractivity contribution is 0.0937. The van der Waals surface area contributed by atoms with Crippen molar-refractivity contribution in [2.45, 2.75) is 52.1 Å². The Hall–Kier alpha value is -0.860. The maximum absolute atomic E-state index is 5.97. The molecule has 0 unspecified atom stereocenters. The van der Waals surface area contributed by atoms with Crippen molar-refractivity contribution >= 4 is 0 Å². The molecule has 2 heteroatoms. The van der Waals surface area contributed by atoms with E-state index in [0.717, 1.165) is 13.1 Å². The number of hydrogen-bond donors (Lipinski definition) is 1. The van der Waals surface area contributed by atoms with E-state index in [0.29, 0.717) is 11.5 Å². The minimum Gasteiger partial charge on any atom is -0.330 e. The second-order valence-electron chi connectivity index (χ2n) is 6.36. The van der Waals surface area contributed by atoms with Gasteiger partial charge in [-0.15, -0.1) is 0 Å². The van der Waals surface area contributed by atoms with Crippen LogP contribution in [0.4, 0.5) is 0 Å². The van der Waals surface area contributed by atoms with Gasteiger partial charge in [0, 0.05) is 12.6 Å². The zero-order valence-electron chi connectivity index (χ0n) is 12.4. The third kappa shape index (κ3) is 3.80. The molecule has 1 aliphatic rings. The fourth-order valence-corrected chi connectivity index (χ4v) is 2.95. The van der Waals surface area contributed by atoms with Crippen molar-refractivity contribution in [3.05, 3.63) is 35.9 Å².